The average Bonchev–Trinajstić information content (AvgIpc) is 2.99. The lowest BCUT2D eigenvalue weighted by Crippen LogP contribution is -2.40. The number of nitrogens with two attached hydrogens (primary N) is 1. The summed E-state index contributed by atoms with van der Waals surface area (Å²) in [6.07, 6.45) is 6.48. The molecule has 1 heterocycles. The zero-order valence-electron chi connectivity index (χ0n) is 16.4. The summed E-state index contributed by atoms with van der Waals surface area (Å²) in [5, 5.41) is 14.4. The van der Waals surface area contributed by atoms with Gasteiger partial charge in [-0.25, -0.2) is 4.39 Å². The van der Waals surface area contributed by atoms with Gasteiger partial charge in [-0.05, 0) is 36.1 Å². The minimum Gasteiger partial charge on any atom is -0.378 e. The second-order valence-corrected chi connectivity index (χ2v) is 8.84. The van der Waals surface area contributed by atoms with E-state index in [1.54, 1.807) is 12.1 Å². The van der Waals surface area contributed by atoms with Gasteiger partial charge in [0.15, 0.2) is 0 Å². The summed E-state index contributed by atoms with van der Waals surface area (Å²) in [6.45, 7) is 0. The molecule has 4 rings (SSSR count). The molecule has 1 saturated carbocycles. The normalized spacial score (nSPS) is 27.3. The van der Waals surface area contributed by atoms with Gasteiger partial charge >= 0.3 is 0 Å². The maximum absolute atomic E-state index is 14.3. The van der Waals surface area contributed by atoms with Gasteiger partial charge in [0.2, 0.25) is 0 Å². The van der Waals surface area contributed by atoms with Crippen LogP contribution < -0.4 is 11.1 Å². The SMILES string of the molecule is Clc1ccccc1.NC1C(CC2CCCCC2)NC(O)C1c1cccc(Cl)c1F. The topological polar surface area (TPSA) is 58.3 Å². The Morgan fingerprint density at radius 1 is 1.00 bits per heavy atom. The van der Waals surface area contributed by atoms with Crippen LogP contribution in [-0.2, 0) is 0 Å². The van der Waals surface area contributed by atoms with E-state index in [2.05, 4.69) is 5.32 Å². The van der Waals surface area contributed by atoms with Crippen molar-refractivity contribution in [2.24, 2.45) is 11.7 Å². The molecule has 2 aliphatic rings. The van der Waals surface area contributed by atoms with Crippen molar-refractivity contribution >= 4 is 23.2 Å². The van der Waals surface area contributed by atoms with Crippen molar-refractivity contribution < 1.29 is 9.50 Å². The van der Waals surface area contributed by atoms with E-state index in [9.17, 15) is 9.50 Å². The third-order valence-electron chi connectivity index (χ3n) is 5.99. The van der Waals surface area contributed by atoms with Gasteiger partial charge in [-0.1, -0.05) is 85.6 Å². The molecule has 2 fully saturated rings. The number of benzene rings is 2. The van der Waals surface area contributed by atoms with E-state index >= 15 is 0 Å². The van der Waals surface area contributed by atoms with Gasteiger partial charge in [-0.3, -0.25) is 5.32 Å². The fraction of sp³-hybridized carbons (Fsp3) is 0.478. The molecule has 0 bridgehead atoms. The highest BCUT2D eigenvalue weighted by atomic mass is 35.5. The van der Waals surface area contributed by atoms with E-state index in [0.717, 1.165) is 11.4 Å². The number of halogens is 3. The van der Waals surface area contributed by atoms with Crippen LogP contribution in [0.3, 0.4) is 0 Å². The maximum atomic E-state index is 14.3. The molecule has 0 aromatic heterocycles. The van der Waals surface area contributed by atoms with Gasteiger partial charge in [0.25, 0.3) is 0 Å². The van der Waals surface area contributed by atoms with Crippen LogP contribution in [0.2, 0.25) is 10.0 Å². The molecule has 4 unspecified atom stereocenters. The van der Waals surface area contributed by atoms with Gasteiger partial charge < -0.3 is 10.8 Å². The first-order valence-corrected chi connectivity index (χ1v) is 11.1. The number of hydrogen-bond acceptors (Lipinski definition) is 3. The van der Waals surface area contributed by atoms with Crippen LogP contribution in [0.4, 0.5) is 4.39 Å². The molecule has 4 atom stereocenters. The smallest absolute Gasteiger partial charge is 0.145 e. The number of rotatable bonds is 3. The van der Waals surface area contributed by atoms with Gasteiger partial charge in [0, 0.05) is 23.0 Å². The highest BCUT2D eigenvalue weighted by molar-refractivity contribution is 6.31. The Morgan fingerprint density at radius 2 is 1.69 bits per heavy atom. The van der Waals surface area contributed by atoms with Gasteiger partial charge in [-0.15, -0.1) is 0 Å². The third-order valence-corrected chi connectivity index (χ3v) is 6.53. The minimum atomic E-state index is -0.823. The number of nitrogens with one attached hydrogen (secondary N) is 1. The molecule has 6 heteroatoms. The van der Waals surface area contributed by atoms with Crippen molar-refractivity contribution in [3.8, 4) is 0 Å². The zero-order valence-corrected chi connectivity index (χ0v) is 17.9. The molecular formula is C23H29Cl2FN2O. The van der Waals surface area contributed by atoms with E-state index in [1.807, 2.05) is 30.3 Å². The summed E-state index contributed by atoms with van der Waals surface area (Å²) in [4.78, 5) is 0. The van der Waals surface area contributed by atoms with Crippen molar-refractivity contribution in [1.29, 1.82) is 0 Å². The molecule has 158 valence electrons. The predicted molar refractivity (Wildman–Crippen MR) is 118 cm³/mol. The van der Waals surface area contributed by atoms with Crippen LogP contribution in [0, 0.1) is 11.7 Å². The number of aliphatic hydroxyl groups excluding tert-OH is 1. The van der Waals surface area contributed by atoms with Crippen LogP contribution in [-0.4, -0.2) is 23.4 Å². The lowest BCUT2D eigenvalue weighted by atomic mass is 9.82. The van der Waals surface area contributed by atoms with Crippen LogP contribution in [0.1, 0.15) is 50.0 Å². The minimum absolute atomic E-state index is 0.0291. The van der Waals surface area contributed by atoms with E-state index in [4.69, 9.17) is 28.9 Å². The van der Waals surface area contributed by atoms with Gasteiger partial charge in [0.1, 0.15) is 12.0 Å². The first-order valence-electron chi connectivity index (χ1n) is 10.3. The molecular weight excluding hydrogens is 410 g/mol. The first-order chi connectivity index (χ1) is 14.0. The summed E-state index contributed by atoms with van der Waals surface area (Å²) < 4.78 is 14.3. The Kier molecular flexibility index (Phi) is 8.34. The second-order valence-electron chi connectivity index (χ2n) is 8.00. The quantitative estimate of drug-likeness (QED) is 0.593. The van der Waals surface area contributed by atoms with E-state index in [0.29, 0.717) is 11.5 Å². The molecule has 4 N–H and O–H groups in total. The van der Waals surface area contributed by atoms with Gasteiger partial charge in [0.05, 0.1) is 5.02 Å². The lowest BCUT2D eigenvalue weighted by Gasteiger charge is -2.27. The molecule has 3 nitrogen and oxygen atoms in total. The fourth-order valence-corrected chi connectivity index (χ4v) is 4.80. The summed E-state index contributed by atoms with van der Waals surface area (Å²) in [5.41, 5.74) is 6.76. The van der Waals surface area contributed by atoms with Crippen LogP contribution in [0.25, 0.3) is 0 Å². The maximum Gasteiger partial charge on any atom is 0.145 e. The first kappa shape index (κ1) is 22.5. The monoisotopic (exact) mass is 438 g/mol. The highest BCUT2D eigenvalue weighted by Crippen LogP contribution is 2.36. The van der Waals surface area contributed by atoms with Crippen molar-refractivity contribution in [1.82, 2.24) is 5.32 Å². The molecule has 1 saturated heterocycles. The van der Waals surface area contributed by atoms with Crippen molar-refractivity contribution in [3.63, 3.8) is 0 Å². The molecule has 29 heavy (non-hydrogen) atoms. The Bertz CT molecular complexity index is 771. The molecule has 2 aromatic carbocycles. The third kappa shape index (κ3) is 5.93. The van der Waals surface area contributed by atoms with Crippen LogP contribution >= 0.6 is 23.2 Å². The van der Waals surface area contributed by atoms with Crippen molar-refractivity contribution in [3.05, 3.63) is 70.0 Å². The standard InChI is InChI=1S/C17H24ClFN2O.C6H5Cl/c18-12-8-4-7-11(15(12)19)14-16(20)13(21-17(14)22)9-10-5-2-1-3-6-10;7-6-4-2-1-3-5-6/h4,7-8,10,13-14,16-17,21-22H,1-3,5-6,9,20H2;1-5H. The molecule has 1 aliphatic carbocycles. The highest BCUT2D eigenvalue weighted by Gasteiger charge is 2.42. The lowest BCUT2D eigenvalue weighted by molar-refractivity contribution is 0.133. The van der Waals surface area contributed by atoms with Crippen molar-refractivity contribution in [2.45, 2.75) is 62.8 Å². The second kappa shape index (κ2) is 10.7. The number of aliphatic hydroxyl groups is 1. The summed E-state index contributed by atoms with van der Waals surface area (Å²) in [6, 6.07) is 14.1. The molecule has 0 spiro atoms. The molecule has 0 radical (unpaired) electrons. The predicted octanol–water partition coefficient (Wildman–Crippen LogP) is 5.49. The Morgan fingerprint density at radius 3 is 2.31 bits per heavy atom. The molecule has 1 aliphatic heterocycles. The Balaban J connectivity index is 0.000000290. The largest absolute Gasteiger partial charge is 0.378 e. The summed E-state index contributed by atoms with van der Waals surface area (Å²) in [5.74, 6) is -0.261. The van der Waals surface area contributed by atoms with E-state index in [-0.39, 0.29) is 17.1 Å². The molecule has 0 amide bonds. The van der Waals surface area contributed by atoms with E-state index < -0.39 is 18.0 Å². The van der Waals surface area contributed by atoms with Crippen LogP contribution in [0.5, 0.6) is 0 Å². The zero-order chi connectivity index (χ0) is 20.8. The Labute approximate surface area is 182 Å². The van der Waals surface area contributed by atoms with Gasteiger partial charge in [-0.2, -0.15) is 0 Å². The molecule has 2 aromatic rings. The van der Waals surface area contributed by atoms with Crippen molar-refractivity contribution in [2.75, 3.05) is 0 Å². The fourth-order valence-electron chi connectivity index (χ4n) is 4.47. The summed E-state index contributed by atoms with van der Waals surface area (Å²) in [7, 11) is 0. The average molecular weight is 439 g/mol. The number of hydrogen-bond donors (Lipinski definition) is 3. The Hall–Kier alpha value is -1.17. The van der Waals surface area contributed by atoms with E-state index in [1.165, 1.54) is 38.2 Å². The van der Waals surface area contributed by atoms with Crippen LogP contribution in [0.15, 0.2) is 48.5 Å². The summed E-state index contributed by atoms with van der Waals surface area (Å²) >= 11 is 11.4.